The minimum atomic E-state index is -0.600. The molecule has 3 N–H and O–H groups in total. The first-order chi connectivity index (χ1) is 18.4. The fourth-order valence-electron chi connectivity index (χ4n) is 4.41. The predicted molar refractivity (Wildman–Crippen MR) is 148 cm³/mol. The molecule has 38 heavy (non-hydrogen) atoms. The molecule has 1 amide bonds. The number of rotatable bonds is 7. The Morgan fingerprint density at radius 2 is 2.13 bits per heavy atom. The normalized spacial score (nSPS) is 17.4. The van der Waals surface area contributed by atoms with Crippen LogP contribution in [0.1, 0.15) is 42.7 Å². The van der Waals surface area contributed by atoms with Gasteiger partial charge < -0.3 is 5.73 Å². The molecule has 0 saturated carbocycles. The summed E-state index contributed by atoms with van der Waals surface area (Å²) in [6.07, 6.45) is 2.41. The van der Waals surface area contributed by atoms with Crippen LogP contribution in [0.4, 0.5) is 10.3 Å². The Kier molecular flexibility index (Phi) is 7.75. The van der Waals surface area contributed by atoms with Crippen molar-refractivity contribution < 1.29 is 9.59 Å². The highest BCUT2D eigenvalue weighted by molar-refractivity contribution is 8.01. The molecule has 2 aromatic heterocycles. The first-order valence-electron chi connectivity index (χ1n) is 11.7. The largest absolute Gasteiger partial charge is 0.384 e. The number of nitriles is 1. The molecule has 0 spiro atoms. The van der Waals surface area contributed by atoms with Crippen LogP contribution in [-0.4, -0.2) is 37.8 Å². The topological polar surface area (TPSA) is 151 Å². The highest BCUT2D eigenvalue weighted by Gasteiger charge is 2.41. The minimum Gasteiger partial charge on any atom is -0.384 e. The number of carbonyl (C=O) groups is 2. The van der Waals surface area contributed by atoms with Crippen LogP contribution in [0, 0.1) is 11.3 Å². The van der Waals surface area contributed by atoms with E-state index in [0.29, 0.717) is 44.5 Å². The van der Waals surface area contributed by atoms with Gasteiger partial charge in [0.2, 0.25) is 16.2 Å². The van der Waals surface area contributed by atoms with Gasteiger partial charge in [0.15, 0.2) is 10.1 Å². The maximum absolute atomic E-state index is 13.2. The molecular formula is C24H21ClN8O2S3. The van der Waals surface area contributed by atoms with Gasteiger partial charge in [-0.25, -0.2) is 0 Å². The fraction of sp³-hybridized carbons (Fsp3) is 0.292. The second kappa shape index (κ2) is 11.2. The van der Waals surface area contributed by atoms with E-state index in [4.69, 9.17) is 17.3 Å². The Morgan fingerprint density at radius 3 is 2.87 bits per heavy atom. The molecule has 14 heteroatoms. The average Bonchev–Trinajstić information content (AvgIpc) is 3.56. The summed E-state index contributed by atoms with van der Waals surface area (Å²) in [6.45, 7) is 1.97. The number of nitrogens with one attached hydrogen (secondary N) is 1. The Morgan fingerprint density at radius 1 is 1.29 bits per heavy atom. The van der Waals surface area contributed by atoms with Crippen molar-refractivity contribution in [3.63, 3.8) is 0 Å². The highest BCUT2D eigenvalue weighted by Crippen LogP contribution is 2.47. The van der Waals surface area contributed by atoms with Crippen LogP contribution >= 0.6 is 46.0 Å². The van der Waals surface area contributed by atoms with Gasteiger partial charge in [0.1, 0.15) is 10.8 Å². The Balaban J connectivity index is 1.41. The summed E-state index contributed by atoms with van der Waals surface area (Å²) in [6, 6.07) is 9.36. The molecule has 5 rings (SSSR count). The molecule has 0 radical (unpaired) electrons. The maximum Gasteiger partial charge on any atom is 0.236 e. The van der Waals surface area contributed by atoms with Crippen molar-refractivity contribution in [1.82, 2.24) is 20.4 Å². The molecule has 1 atom stereocenters. The summed E-state index contributed by atoms with van der Waals surface area (Å²) < 4.78 is 0.550. The van der Waals surface area contributed by atoms with Crippen molar-refractivity contribution in [1.29, 1.82) is 5.26 Å². The number of aryl methyl sites for hydroxylation is 1. The van der Waals surface area contributed by atoms with Crippen LogP contribution in [0.25, 0.3) is 0 Å². The van der Waals surface area contributed by atoms with Crippen LogP contribution in [0.15, 0.2) is 51.3 Å². The van der Waals surface area contributed by atoms with E-state index < -0.39 is 5.92 Å². The molecule has 2 aliphatic rings. The molecule has 3 aromatic rings. The number of nitrogens with zero attached hydrogens (tertiary/aromatic N) is 6. The number of aromatic nitrogens is 4. The predicted octanol–water partition coefficient (Wildman–Crippen LogP) is 4.64. The van der Waals surface area contributed by atoms with Crippen LogP contribution in [0.3, 0.4) is 0 Å². The molecule has 1 aromatic carbocycles. The van der Waals surface area contributed by atoms with Gasteiger partial charge in [0, 0.05) is 22.7 Å². The number of amides is 1. The van der Waals surface area contributed by atoms with Crippen LogP contribution in [-0.2, 0) is 16.0 Å². The van der Waals surface area contributed by atoms with Gasteiger partial charge in [0.25, 0.3) is 0 Å². The zero-order chi connectivity index (χ0) is 26.8. The fourth-order valence-corrected chi connectivity index (χ4v) is 6.98. The summed E-state index contributed by atoms with van der Waals surface area (Å²) in [5.41, 5.74) is 8.83. The lowest BCUT2D eigenvalue weighted by molar-refractivity contribution is -0.116. The van der Waals surface area contributed by atoms with Crippen LogP contribution in [0.5, 0.6) is 0 Å². The van der Waals surface area contributed by atoms with Crippen molar-refractivity contribution in [2.24, 2.45) is 5.73 Å². The molecule has 0 fully saturated rings. The number of ketones is 1. The van der Waals surface area contributed by atoms with Gasteiger partial charge in [-0.15, -0.1) is 20.4 Å². The average molecular weight is 585 g/mol. The first kappa shape index (κ1) is 26.3. The first-order valence-corrected chi connectivity index (χ1v) is 14.7. The lowest BCUT2D eigenvalue weighted by Gasteiger charge is -2.38. The molecule has 1 unspecified atom stereocenters. The molecular weight excluding hydrogens is 564 g/mol. The standard InChI is InChI=1S/C24H21ClN8O2S3/c1-2-18-29-30-22(37-18)28-17(35)11-36-24-32-31-23(38-24)33-15-7-4-8-16(34)20(15)19(14(10-26)21(33)27)12-5-3-6-13(25)9-12/h3,5-6,9,19H,2,4,7-8,11,27H2,1H3,(H,28,30,35). The molecule has 1 aliphatic carbocycles. The second-order valence-electron chi connectivity index (χ2n) is 8.41. The van der Waals surface area contributed by atoms with Gasteiger partial charge in [0.05, 0.1) is 23.3 Å². The summed E-state index contributed by atoms with van der Waals surface area (Å²) >= 11 is 10.0. The molecule has 0 bridgehead atoms. The van der Waals surface area contributed by atoms with E-state index >= 15 is 0 Å². The summed E-state index contributed by atoms with van der Waals surface area (Å²) in [4.78, 5) is 27.3. The number of allylic oxidation sites excluding steroid dienone is 3. The number of nitrogens with two attached hydrogens (primary N) is 1. The third-order valence-corrected chi connectivity index (χ3v) is 9.28. The third-order valence-electron chi connectivity index (χ3n) is 6.02. The van der Waals surface area contributed by atoms with Gasteiger partial charge in [-0.2, -0.15) is 5.26 Å². The Hall–Kier alpha value is -3.31. The van der Waals surface area contributed by atoms with Crippen LogP contribution in [0.2, 0.25) is 5.02 Å². The minimum absolute atomic E-state index is 0.0276. The number of hydrogen-bond donors (Lipinski definition) is 2. The number of halogens is 1. The zero-order valence-corrected chi connectivity index (χ0v) is 23.3. The van der Waals surface area contributed by atoms with E-state index in [2.05, 4.69) is 31.8 Å². The van der Waals surface area contributed by atoms with Crippen LogP contribution < -0.4 is 16.0 Å². The molecule has 0 saturated heterocycles. The summed E-state index contributed by atoms with van der Waals surface area (Å²) in [5, 5.41) is 31.6. The van der Waals surface area contributed by atoms with Crippen molar-refractivity contribution >= 4 is 68.0 Å². The summed E-state index contributed by atoms with van der Waals surface area (Å²) in [7, 11) is 0. The molecule has 3 heterocycles. The number of anilines is 2. The number of benzene rings is 1. The van der Waals surface area contributed by atoms with E-state index in [1.165, 1.54) is 34.4 Å². The maximum atomic E-state index is 13.2. The van der Waals surface area contributed by atoms with Gasteiger partial charge in [-0.3, -0.25) is 19.8 Å². The van der Waals surface area contributed by atoms with Crippen molar-refractivity contribution in [3.05, 3.63) is 62.5 Å². The van der Waals surface area contributed by atoms with Gasteiger partial charge in [-0.05, 0) is 37.0 Å². The Labute approximate surface area is 235 Å². The van der Waals surface area contributed by atoms with Crippen molar-refractivity contribution in [2.45, 2.75) is 42.9 Å². The second-order valence-corrected chi connectivity index (χ2v) is 12.1. The zero-order valence-electron chi connectivity index (χ0n) is 20.1. The number of thioether (sulfide) groups is 1. The lowest BCUT2D eigenvalue weighted by atomic mass is 9.76. The van der Waals surface area contributed by atoms with Crippen molar-refractivity contribution in [3.8, 4) is 6.07 Å². The highest BCUT2D eigenvalue weighted by atomic mass is 35.5. The smallest absolute Gasteiger partial charge is 0.236 e. The SMILES string of the molecule is CCc1nnc(NC(=O)CSc2nnc(N3C(N)=C(C#N)C(c4cccc(Cl)c4)C4=C3CCCC4=O)s2)s1. The number of Topliss-reactive ketones (excluding diaryl/α,β-unsaturated/α-hetero) is 1. The van der Waals surface area contributed by atoms with Crippen molar-refractivity contribution in [2.75, 3.05) is 16.0 Å². The number of carbonyl (C=O) groups excluding carboxylic acids is 2. The molecule has 1 aliphatic heterocycles. The van der Waals surface area contributed by atoms with E-state index in [9.17, 15) is 14.9 Å². The number of hydrogen-bond acceptors (Lipinski definition) is 12. The van der Waals surface area contributed by atoms with Gasteiger partial charge >= 0.3 is 0 Å². The molecule has 10 nitrogen and oxygen atoms in total. The monoisotopic (exact) mass is 584 g/mol. The molecule has 194 valence electrons. The van der Waals surface area contributed by atoms with E-state index in [1.54, 1.807) is 23.1 Å². The van der Waals surface area contributed by atoms with Gasteiger partial charge in [-0.1, -0.05) is 65.1 Å². The third kappa shape index (κ3) is 5.17. The Bertz CT molecular complexity index is 1520. The van der Waals surface area contributed by atoms with E-state index in [0.717, 1.165) is 22.7 Å². The quantitative estimate of drug-likeness (QED) is 0.376. The summed E-state index contributed by atoms with van der Waals surface area (Å²) in [5.74, 6) is -0.550. The van der Waals surface area contributed by atoms with E-state index in [1.807, 2.05) is 13.0 Å². The van der Waals surface area contributed by atoms with E-state index in [-0.39, 0.29) is 28.8 Å². The lowest BCUT2D eigenvalue weighted by Crippen LogP contribution is -2.38.